The third kappa shape index (κ3) is 4.06. The molecular formula is C9H14N2O4S2. The maximum atomic E-state index is 11.9. The molecule has 1 heterocycles. The number of sulfonamides is 1. The van der Waals surface area contributed by atoms with Crippen LogP contribution in [-0.4, -0.2) is 30.5 Å². The minimum atomic E-state index is -3.65. The topological polar surface area (TPSA) is 96.4 Å². The molecule has 0 aromatic carbocycles. The van der Waals surface area contributed by atoms with Gasteiger partial charge in [0.1, 0.15) is 0 Å². The van der Waals surface area contributed by atoms with Crippen LogP contribution in [0, 0.1) is 6.92 Å². The normalized spacial score (nSPS) is 13.5. The highest BCUT2D eigenvalue weighted by atomic mass is 32.2. The van der Waals surface area contributed by atoms with E-state index in [0.29, 0.717) is 11.4 Å². The van der Waals surface area contributed by atoms with E-state index in [1.54, 1.807) is 13.8 Å². The van der Waals surface area contributed by atoms with Crippen molar-refractivity contribution in [2.45, 2.75) is 36.9 Å². The van der Waals surface area contributed by atoms with E-state index in [2.05, 4.69) is 9.71 Å². The first kappa shape index (κ1) is 14.1. The molecule has 2 N–H and O–H groups in total. The largest absolute Gasteiger partial charge is 0.481 e. The number of aliphatic carboxylic acids is 1. The zero-order valence-corrected chi connectivity index (χ0v) is 11.1. The molecule has 1 unspecified atom stereocenters. The predicted molar refractivity (Wildman–Crippen MR) is 63.5 cm³/mol. The van der Waals surface area contributed by atoms with Gasteiger partial charge in [-0.25, -0.2) is 18.1 Å². The number of carbonyl (C=O) groups is 1. The Hall–Kier alpha value is -0.990. The lowest BCUT2D eigenvalue weighted by Gasteiger charge is -2.13. The molecule has 96 valence electrons. The third-order valence-corrected chi connectivity index (χ3v) is 4.99. The molecule has 0 bridgehead atoms. The van der Waals surface area contributed by atoms with E-state index in [0.717, 1.165) is 11.3 Å². The van der Waals surface area contributed by atoms with Crippen LogP contribution in [0.4, 0.5) is 0 Å². The summed E-state index contributed by atoms with van der Waals surface area (Å²) in [5, 5.41) is 9.29. The molecule has 0 radical (unpaired) electrons. The van der Waals surface area contributed by atoms with Crippen LogP contribution in [0.5, 0.6) is 0 Å². The van der Waals surface area contributed by atoms with Gasteiger partial charge in [-0.05, 0) is 13.3 Å². The number of rotatable bonds is 6. The number of hydrogen-bond donors (Lipinski definition) is 2. The number of aryl methyl sites for hydroxylation is 1. The average molecular weight is 278 g/mol. The summed E-state index contributed by atoms with van der Waals surface area (Å²) >= 11 is 1.06. The fraction of sp³-hybridized carbons (Fsp3) is 0.556. The molecule has 0 saturated carbocycles. The molecule has 1 rings (SSSR count). The highest BCUT2D eigenvalue weighted by Crippen LogP contribution is 2.18. The van der Waals surface area contributed by atoms with Gasteiger partial charge in [-0.3, -0.25) is 4.79 Å². The number of carboxylic acid groups (broad SMARTS) is 1. The lowest BCUT2D eigenvalue weighted by Crippen LogP contribution is -2.35. The van der Waals surface area contributed by atoms with Crippen LogP contribution in [0.25, 0.3) is 0 Å². The molecule has 0 saturated heterocycles. The maximum absolute atomic E-state index is 11.9. The standard InChI is InChI=1S/C9H14N2O4S2/c1-3-7(4-8(12)13)11-17(14,15)9-5-10-6(2)16-9/h5,7,11H,3-4H2,1-2H3,(H,12,13). The predicted octanol–water partition coefficient (Wildman–Crippen LogP) is 0.983. The molecule has 8 heteroatoms. The van der Waals surface area contributed by atoms with Crippen molar-refractivity contribution in [2.24, 2.45) is 0 Å². The van der Waals surface area contributed by atoms with Gasteiger partial charge < -0.3 is 5.11 Å². The highest BCUT2D eigenvalue weighted by Gasteiger charge is 2.22. The van der Waals surface area contributed by atoms with E-state index in [-0.39, 0.29) is 10.6 Å². The van der Waals surface area contributed by atoms with Crippen LogP contribution >= 0.6 is 11.3 Å². The number of hydrogen-bond acceptors (Lipinski definition) is 5. The van der Waals surface area contributed by atoms with E-state index < -0.39 is 22.0 Å². The SMILES string of the molecule is CCC(CC(=O)O)NS(=O)(=O)c1cnc(C)s1. The summed E-state index contributed by atoms with van der Waals surface area (Å²) < 4.78 is 26.2. The molecule has 0 fully saturated rings. The summed E-state index contributed by atoms with van der Waals surface area (Å²) in [6.45, 7) is 3.44. The summed E-state index contributed by atoms with van der Waals surface area (Å²) in [7, 11) is -3.65. The van der Waals surface area contributed by atoms with Crippen molar-refractivity contribution in [3.05, 3.63) is 11.2 Å². The minimum absolute atomic E-state index is 0.110. The fourth-order valence-electron chi connectivity index (χ4n) is 1.22. The molecule has 1 aromatic rings. The number of thiazole rings is 1. The van der Waals surface area contributed by atoms with E-state index in [1.165, 1.54) is 6.20 Å². The molecule has 0 aliphatic rings. The first-order chi connectivity index (χ1) is 7.85. The van der Waals surface area contributed by atoms with Crippen molar-refractivity contribution in [1.29, 1.82) is 0 Å². The van der Waals surface area contributed by atoms with Gasteiger partial charge >= 0.3 is 5.97 Å². The second-order valence-corrected chi connectivity index (χ2v) is 6.70. The van der Waals surface area contributed by atoms with Gasteiger partial charge in [0.25, 0.3) is 10.0 Å². The summed E-state index contributed by atoms with van der Waals surface area (Å²) in [4.78, 5) is 14.4. The van der Waals surface area contributed by atoms with Crippen molar-refractivity contribution in [3.63, 3.8) is 0 Å². The van der Waals surface area contributed by atoms with Crippen LogP contribution in [-0.2, 0) is 14.8 Å². The molecule has 1 aromatic heterocycles. The second-order valence-electron chi connectivity index (χ2n) is 3.52. The molecule has 0 aliphatic carbocycles. The Morgan fingerprint density at radius 3 is 2.71 bits per heavy atom. The van der Waals surface area contributed by atoms with Crippen LogP contribution in [0.2, 0.25) is 0 Å². The van der Waals surface area contributed by atoms with Gasteiger partial charge in [-0.2, -0.15) is 0 Å². The van der Waals surface area contributed by atoms with Crippen LogP contribution < -0.4 is 4.72 Å². The fourth-order valence-corrected chi connectivity index (χ4v) is 3.67. The number of nitrogens with zero attached hydrogens (tertiary/aromatic N) is 1. The second kappa shape index (κ2) is 5.56. The van der Waals surface area contributed by atoms with Gasteiger partial charge in [0, 0.05) is 6.04 Å². The lowest BCUT2D eigenvalue weighted by molar-refractivity contribution is -0.137. The van der Waals surface area contributed by atoms with E-state index >= 15 is 0 Å². The zero-order chi connectivity index (χ0) is 13.1. The minimum Gasteiger partial charge on any atom is -0.481 e. The molecule has 0 amide bonds. The van der Waals surface area contributed by atoms with Gasteiger partial charge in [0.2, 0.25) is 0 Å². The summed E-state index contributed by atoms with van der Waals surface area (Å²) in [6.07, 6.45) is 1.46. The van der Waals surface area contributed by atoms with Crippen LogP contribution in [0.15, 0.2) is 10.4 Å². The Kier molecular flexibility index (Phi) is 4.61. The number of aromatic nitrogens is 1. The van der Waals surface area contributed by atoms with Gasteiger partial charge in [-0.1, -0.05) is 6.92 Å². The Balaban J connectivity index is 2.81. The summed E-state index contributed by atoms with van der Waals surface area (Å²) in [6, 6.07) is -0.597. The summed E-state index contributed by atoms with van der Waals surface area (Å²) in [5.41, 5.74) is 0. The molecule has 6 nitrogen and oxygen atoms in total. The zero-order valence-electron chi connectivity index (χ0n) is 9.50. The average Bonchev–Trinajstić information content (AvgIpc) is 2.63. The summed E-state index contributed by atoms with van der Waals surface area (Å²) in [5.74, 6) is -1.03. The van der Waals surface area contributed by atoms with E-state index in [9.17, 15) is 13.2 Å². The van der Waals surface area contributed by atoms with Crippen molar-refractivity contribution in [2.75, 3.05) is 0 Å². The van der Waals surface area contributed by atoms with Crippen molar-refractivity contribution in [3.8, 4) is 0 Å². The van der Waals surface area contributed by atoms with Crippen molar-refractivity contribution >= 4 is 27.3 Å². The van der Waals surface area contributed by atoms with Gasteiger partial charge in [0.15, 0.2) is 4.21 Å². The van der Waals surface area contributed by atoms with Gasteiger partial charge in [0.05, 0.1) is 17.6 Å². The highest BCUT2D eigenvalue weighted by molar-refractivity contribution is 7.91. The van der Waals surface area contributed by atoms with E-state index in [1.807, 2.05) is 0 Å². The van der Waals surface area contributed by atoms with E-state index in [4.69, 9.17) is 5.11 Å². The van der Waals surface area contributed by atoms with Crippen molar-refractivity contribution in [1.82, 2.24) is 9.71 Å². The molecule has 17 heavy (non-hydrogen) atoms. The monoisotopic (exact) mass is 278 g/mol. The van der Waals surface area contributed by atoms with Crippen LogP contribution in [0.3, 0.4) is 0 Å². The Morgan fingerprint density at radius 2 is 2.29 bits per heavy atom. The third-order valence-electron chi connectivity index (χ3n) is 2.10. The lowest BCUT2D eigenvalue weighted by atomic mass is 10.2. The number of carboxylic acids is 1. The molecular weight excluding hydrogens is 264 g/mol. The first-order valence-corrected chi connectivity index (χ1v) is 7.31. The quantitative estimate of drug-likeness (QED) is 0.808. The maximum Gasteiger partial charge on any atom is 0.304 e. The van der Waals surface area contributed by atoms with Gasteiger partial charge in [-0.15, -0.1) is 11.3 Å². The Morgan fingerprint density at radius 1 is 1.65 bits per heavy atom. The smallest absolute Gasteiger partial charge is 0.304 e. The van der Waals surface area contributed by atoms with Crippen molar-refractivity contribution < 1.29 is 18.3 Å². The van der Waals surface area contributed by atoms with Crippen LogP contribution in [0.1, 0.15) is 24.8 Å². The molecule has 1 atom stereocenters. The first-order valence-electron chi connectivity index (χ1n) is 5.01. The molecule has 0 spiro atoms. The Labute approximate surface area is 104 Å². The number of nitrogens with one attached hydrogen (secondary N) is 1. The molecule has 0 aliphatic heterocycles. The Bertz CT molecular complexity index is 495.